The molecule has 3 heterocycles. The van der Waals surface area contributed by atoms with Gasteiger partial charge < -0.3 is 14.3 Å². The Morgan fingerprint density at radius 1 is 1.31 bits per heavy atom. The van der Waals surface area contributed by atoms with Gasteiger partial charge in [0.25, 0.3) is 5.89 Å². The van der Waals surface area contributed by atoms with Crippen LogP contribution in [0.3, 0.4) is 0 Å². The largest absolute Gasteiger partial charge is 0.378 e. The number of nitrogens with zero attached hydrogens (tertiary/aromatic N) is 4. The van der Waals surface area contributed by atoms with E-state index in [1.807, 2.05) is 59.6 Å². The highest BCUT2D eigenvalue weighted by Gasteiger charge is 2.33. The lowest BCUT2D eigenvalue weighted by atomic mass is 10.1. The fourth-order valence-electron chi connectivity index (χ4n) is 3.12. The minimum Gasteiger partial charge on any atom is -0.378 e. The van der Waals surface area contributed by atoms with Crippen molar-refractivity contribution in [3.8, 4) is 11.5 Å². The van der Waals surface area contributed by atoms with Crippen molar-refractivity contribution >= 4 is 22.9 Å². The minimum atomic E-state index is -0.0167. The molecule has 0 aliphatic carbocycles. The first kappa shape index (κ1) is 16.8. The van der Waals surface area contributed by atoms with Crippen LogP contribution in [-0.4, -0.2) is 41.6 Å². The summed E-state index contributed by atoms with van der Waals surface area (Å²) in [5, 5.41) is 6.17. The maximum Gasteiger partial charge on any atom is 0.258 e. The summed E-state index contributed by atoms with van der Waals surface area (Å²) in [4.78, 5) is 22.0. The number of carbonyl (C=O) groups excluding carboxylic acids is 1. The van der Waals surface area contributed by atoms with Gasteiger partial charge >= 0.3 is 0 Å². The van der Waals surface area contributed by atoms with Gasteiger partial charge in [-0.15, -0.1) is 11.3 Å². The van der Waals surface area contributed by atoms with Crippen molar-refractivity contribution in [3.63, 3.8) is 0 Å². The van der Waals surface area contributed by atoms with Crippen LogP contribution in [0.4, 0.5) is 5.69 Å². The van der Waals surface area contributed by atoms with E-state index in [9.17, 15) is 4.79 Å². The molecule has 26 heavy (non-hydrogen) atoms. The van der Waals surface area contributed by atoms with Gasteiger partial charge in [-0.1, -0.05) is 17.3 Å². The van der Waals surface area contributed by atoms with Crippen LogP contribution in [0.1, 0.15) is 23.0 Å². The van der Waals surface area contributed by atoms with E-state index in [4.69, 9.17) is 4.52 Å². The second-order valence-corrected chi connectivity index (χ2v) is 7.69. The molecule has 1 atom stereocenters. The van der Waals surface area contributed by atoms with Crippen molar-refractivity contribution in [1.82, 2.24) is 15.0 Å². The number of likely N-dealkylation sites (tertiary alicyclic amines) is 1. The number of aromatic nitrogens is 2. The summed E-state index contributed by atoms with van der Waals surface area (Å²) in [6, 6.07) is 12.0. The number of hydrogen-bond acceptors (Lipinski definition) is 6. The van der Waals surface area contributed by atoms with E-state index >= 15 is 0 Å². The van der Waals surface area contributed by atoms with E-state index in [1.165, 1.54) is 4.88 Å². The number of amides is 1. The number of rotatable bonds is 5. The Labute approximate surface area is 156 Å². The lowest BCUT2D eigenvalue weighted by Gasteiger charge is -2.14. The Balaban J connectivity index is 1.50. The quantitative estimate of drug-likeness (QED) is 0.691. The van der Waals surface area contributed by atoms with Gasteiger partial charge in [-0.05, 0) is 29.6 Å². The summed E-state index contributed by atoms with van der Waals surface area (Å²) in [6.07, 6.45) is 0.433. The van der Waals surface area contributed by atoms with Gasteiger partial charge in [-0.3, -0.25) is 4.79 Å². The van der Waals surface area contributed by atoms with Crippen molar-refractivity contribution < 1.29 is 9.32 Å². The van der Waals surface area contributed by atoms with E-state index in [1.54, 1.807) is 11.3 Å². The minimum absolute atomic E-state index is 0.0167. The van der Waals surface area contributed by atoms with Crippen molar-refractivity contribution in [2.75, 3.05) is 25.5 Å². The molecule has 0 saturated carbocycles. The molecule has 2 aromatic heterocycles. The van der Waals surface area contributed by atoms with E-state index in [0.717, 1.165) is 11.3 Å². The zero-order chi connectivity index (χ0) is 18.1. The van der Waals surface area contributed by atoms with Crippen LogP contribution in [0.25, 0.3) is 11.5 Å². The lowest BCUT2D eigenvalue weighted by Crippen LogP contribution is -2.23. The van der Waals surface area contributed by atoms with Gasteiger partial charge in [0.1, 0.15) is 0 Å². The van der Waals surface area contributed by atoms with Gasteiger partial charge in [-0.2, -0.15) is 4.98 Å². The fraction of sp³-hybridized carbons (Fsp3) is 0.316. The predicted molar refractivity (Wildman–Crippen MR) is 101 cm³/mol. The number of benzene rings is 1. The Hall–Kier alpha value is -2.67. The van der Waals surface area contributed by atoms with Gasteiger partial charge in [0.05, 0.1) is 6.54 Å². The summed E-state index contributed by atoms with van der Waals surface area (Å²) in [6.45, 7) is 1.29. The second kappa shape index (κ2) is 6.92. The van der Waals surface area contributed by atoms with E-state index in [2.05, 4.69) is 16.2 Å². The molecular weight excluding hydrogens is 348 g/mol. The zero-order valence-corrected chi connectivity index (χ0v) is 15.6. The van der Waals surface area contributed by atoms with E-state index < -0.39 is 0 Å². The molecule has 0 N–H and O–H groups in total. The SMILES string of the molecule is CN(C)c1cccc(-c2nc(C3CC(=O)N(Cc4cccs4)C3)no2)c1. The maximum absolute atomic E-state index is 12.3. The number of hydrogen-bond donors (Lipinski definition) is 0. The normalized spacial score (nSPS) is 17.1. The molecule has 134 valence electrons. The first-order valence-electron chi connectivity index (χ1n) is 8.51. The zero-order valence-electron chi connectivity index (χ0n) is 14.8. The number of carbonyl (C=O) groups is 1. The lowest BCUT2D eigenvalue weighted by molar-refractivity contribution is -0.128. The molecule has 1 unspecified atom stereocenters. The first-order chi connectivity index (χ1) is 12.6. The van der Waals surface area contributed by atoms with Crippen LogP contribution in [0.15, 0.2) is 46.3 Å². The van der Waals surface area contributed by atoms with Crippen molar-refractivity contribution in [2.24, 2.45) is 0 Å². The van der Waals surface area contributed by atoms with Gasteiger partial charge in [0, 0.05) is 49.1 Å². The topological polar surface area (TPSA) is 62.5 Å². The van der Waals surface area contributed by atoms with Gasteiger partial charge in [0.2, 0.25) is 5.91 Å². The Bertz CT molecular complexity index is 904. The number of thiophene rings is 1. The summed E-state index contributed by atoms with van der Waals surface area (Å²) < 4.78 is 5.47. The maximum atomic E-state index is 12.3. The van der Waals surface area contributed by atoms with Crippen LogP contribution in [0, 0.1) is 0 Å². The average Bonchev–Trinajstić information content (AvgIpc) is 3.37. The predicted octanol–water partition coefficient (Wildman–Crippen LogP) is 3.38. The average molecular weight is 368 g/mol. The molecule has 6 nitrogen and oxygen atoms in total. The molecule has 3 aromatic rings. The monoisotopic (exact) mass is 368 g/mol. The third kappa shape index (κ3) is 3.35. The standard InChI is InChI=1S/C19H20N4O2S/c1-22(2)15-6-3-5-13(9-15)19-20-18(21-25-19)14-10-17(24)23(11-14)12-16-7-4-8-26-16/h3-9,14H,10-12H2,1-2H3. The van der Waals surface area contributed by atoms with Crippen LogP contribution in [0.2, 0.25) is 0 Å². The highest BCUT2D eigenvalue weighted by atomic mass is 32.1. The highest BCUT2D eigenvalue weighted by molar-refractivity contribution is 7.09. The molecule has 1 amide bonds. The van der Waals surface area contributed by atoms with E-state index in [0.29, 0.717) is 31.2 Å². The van der Waals surface area contributed by atoms with Crippen molar-refractivity contribution in [1.29, 1.82) is 0 Å². The third-order valence-electron chi connectivity index (χ3n) is 4.56. The summed E-state index contributed by atoms with van der Waals surface area (Å²) in [5.41, 5.74) is 1.95. The molecule has 0 spiro atoms. The summed E-state index contributed by atoms with van der Waals surface area (Å²) in [5.74, 6) is 1.23. The van der Waals surface area contributed by atoms with Crippen LogP contribution < -0.4 is 4.90 Å². The molecule has 4 rings (SSSR count). The Kier molecular flexibility index (Phi) is 4.46. The van der Waals surface area contributed by atoms with Gasteiger partial charge in [-0.25, -0.2) is 0 Å². The molecule has 1 fully saturated rings. The van der Waals surface area contributed by atoms with Crippen LogP contribution >= 0.6 is 11.3 Å². The molecule has 1 aliphatic heterocycles. The molecule has 0 bridgehead atoms. The number of anilines is 1. The van der Waals surface area contributed by atoms with Crippen molar-refractivity contribution in [2.45, 2.75) is 18.9 Å². The van der Waals surface area contributed by atoms with E-state index in [-0.39, 0.29) is 11.8 Å². The second-order valence-electron chi connectivity index (χ2n) is 6.66. The summed E-state index contributed by atoms with van der Waals surface area (Å²) >= 11 is 1.67. The van der Waals surface area contributed by atoms with Gasteiger partial charge in [0.15, 0.2) is 5.82 Å². The fourth-order valence-corrected chi connectivity index (χ4v) is 3.84. The van der Waals surface area contributed by atoms with Crippen molar-refractivity contribution in [3.05, 3.63) is 52.5 Å². The smallest absolute Gasteiger partial charge is 0.258 e. The molecule has 1 aromatic carbocycles. The van der Waals surface area contributed by atoms with Crippen LogP contribution in [0.5, 0.6) is 0 Å². The summed E-state index contributed by atoms with van der Waals surface area (Å²) in [7, 11) is 3.98. The highest BCUT2D eigenvalue weighted by Crippen LogP contribution is 2.30. The molecular formula is C19H20N4O2S. The Morgan fingerprint density at radius 2 is 2.19 bits per heavy atom. The Morgan fingerprint density at radius 3 is 2.96 bits per heavy atom. The third-order valence-corrected chi connectivity index (χ3v) is 5.42. The molecule has 1 saturated heterocycles. The molecule has 7 heteroatoms. The van der Waals surface area contributed by atoms with Crippen LogP contribution in [-0.2, 0) is 11.3 Å². The molecule has 0 radical (unpaired) electrons. The first-order valence-corrected chi connectivity index (χ1v) is 9.39. The molecule has 1 aliphatic rings.